The van der Waals surface area contributed by atoms with Crippen LogP contribution in [0.15, 0.2) is 29.2 Å². The Morgan fingerprint density at radius 3 is 2.50 bits per heavy atom. The topological polar surface area (TPSA) is 125 Å². The molecule has 9 nitrogen and oxygen atoms in total. The third-order valence-corrected chi connectivity index (χ3v) is 6.03. The Bertz CT molecular complexity index is 805. The fourth-order valence-corrected chi connectivity index (χ4v) is 4.11. The van der Waals surface area contributed by atoms with Gasteiger partial charge in [0.05, 0.1) is 4.90 Å². The van der Waals surface area contributed by atoms with Gasteiger partial charge in [-0.3, -0.25) is 14.9 Å². The predicted molar refractivity (Wildman–Crippen MR) is 94.9 cm³/mol. The molecule has 1 aliphatic heterocycles. The normalized spacial score (nSPS) is 17.1. The Kier molecular flexibility index (Phi) is 6.32. The molecule has 142 valence electrons. The molecule has 1 aliphatic rings. The molecule has 0 unspecified atom stereocenters. The van der Waals surface area contributed by atoms with Crippen molar-refractivity contribution in [2.45, 2.75) is 37.6 Å². The highest BCUT2D eigenvalue weighted by Gasteiger charge is 2.29. The van der Waals surface area contributed by atoms with Gasteiger partial charge in [-0.1, -0.05) is 19.9 Å². The second kappa shape index (κ2) is 8.28. The highest BCUT2D eigenvalue weighted by atomic mass is 32.2. The Hall–Kier alpha value is -2.46. The van der Waals surface area contributed by atoms with Crippen LogP contribution in [-0.4, -0.2) is 49.7 Å². The SMILES string of the molecule is CCN(CC)S(=O)(=O)c1cccc(NC(=O)CC[C@@H]2NC(=O)NC2=O)c1. The zero-order valence-corrected chi connectivity index (χ0v) is 15.4. The molecule has 26 heavy (non-hydrogen) atoms. The number of rotatable bonds is 8. The van der Waals surface area contributed by atoms with Crippen molar-refractivity contribution in [2.24, 2.45) is 0 Å². The standard InChI is InChI=1S/C16H22N4O5S/c1-3-20(4-2)26(24,25)12-7-5-6-11(10-12)17-14(21)9-8-13-15(22)19-16(23)18-13/h5-7,10,13H,3-4,8-9H2,1-2H3,(H,17,21)(H2,18,19,22,23)/t13-/m0/s1. The molecule has 0 bridgehead atoms. The number of imide groups is 1. The molecule has 0 saturated carbocycles. The molecule has 10 heteroatoms. The lowest BCUT2D eigenvalue weighted by Crippen LogP contribution is -2.31. The third-order valence-electron chi connectivity index (χ3n) is 3.98. The lowest BCUT2D eigenvalue weighted by molar-refractivity contribution is -0.120. The lowest BCUT2D eigenvalue weighted by atomic mass is 10.1. The van der Waals surface area contributed by atoms with Crippen LogP contribution in [0, 0.1) is 0 Å². The molecule has 4 amide bonds. The van der Waals surface area contributed by atoms with Gasteiger partial charge in [0.1, 0.15) is 6.04 Å². The van der Waals surface area contributed by atoms with E-state index < -0.39 is 28.0 Å². The highest BCUT2D eigenvalue weighted by molar-refractivity contribution is 7.89. The van der Waals surface area contributed by atoms with Crippen LogP contribution < -0.4 is 16.0 Å². The molecule has 1 atom stereocenters. The van der Waals surface area contributed by atoms with Crippen molar-refractivity contribution in [3.63, 3.8) is 0 Å². The molecule has 1 fully saturated rings. The van der Waals surface area contributed by atoms with Gasteiger partial charge in [0.15, 0.2) is 0 Å². The molecular formula is C16H22N4O5S. The van der Waals surface area contributed by atoms with Gasteiger partial charge in [-0.25, -0.2) is 13.2 Å². The Balaban J connectivity index is 2.01. The fourth-order valence-electron chi connectivity index (χ4n) is 2.61. The first-order valence-electron chi connectivity index (χ1n) is 8.29. The summed E-state index contributed by atoms with van der Waals surface area (Å²) in [5, 5.41) is 7.12. The molecule has 2 rings (SSSR count). The van der Waals surface area contributed by atoms with Gasteiger partial charge in [-0.05, 0) is 24.6 Å². The van der Waals surface area contributed by atoms with Crippen LogP contribution in [0.4, 0.5) is 10.5 Å². The summed E-state index contributed by atoms with van der Waals surface area (Å²) in [4.78, 5) is 34.6. The van der Waals surface area contributed by atoms with Crippen molar-refractivity contribution >= 4 is 33.6 Å². The fraction of sp³-hybridized carbons (Fsp3) is 0.438. The number of hydrogen-bond acceptors (Lipinski definition) is 5. The van der Waals surface area contributed by atoms with E-state index in [0.29, 0.717) is 18.8 Å². The summed E-state index contributed by atoms with van der Waals surface area (Å²) in [5.41, 5.74) is 0.350. The van der Waals surface area contributed by atoms with Gasteiger partial charge in [0.2, 0.25) is 15.9 Å². The first-order valence-corrected chi connectivity index (χ1v) is 9.73. The average Bonchev–Trinajstić information content (AvgIpc) is 2.91. The number of sulfonamides is 1. The van der Waals surface area contributed by atoms with Gasteiger partial charge in [0, 0.05) is 25.2 Å². The van der Waals surface area contributed by atoms with E-state index in [4.69, 9.17) is 0 Å². The number of hydrogen-bond donors (Lipinski definition) is 3. The number of amides is 4. The molecule has 0 radical (unpaired) electrons. The smallest absolute Gasteiger partial charge is 0.322 e. The minimum Gasteiger partial charge on any atom is -0.326 e. The zero-order valence-electron chi connectivity index (χ0n) is 14.6. The van der Waals surface area contributed by atoms with Crippen molar-refractivity contribution in [1.29, 1.82) is 0 Å². The summed E-state index contributed by atoms with van der Waals surface area (Å²) >= 11 is 0. The minimum absolute atomic E-state index is 0.00535. The number of nitrogens with zero attached hydrogens (tertiary/aromatic N) is 1. The van der Waals surface area contributed by atoms with E-state index in [1.54, 1.807) is 26.0 Å². The second-order valence-corrected chi connectivity index (χ2v) is 7.66. The molecule has 1 heterocycles. The first-order chi connectivity index (χ1) is 12.3. The quantitative estimate of drug-likeness (QED) is 0.569. The van der Waals surface area contributed by atoms with E-state index in [1.165, 1.54) is 16.4 Å². The summed E-state index contributed by atoms with van der Waals surface area (Å²) in [6.45, 7) is 4.21. The van der Waals surface area contributed by atoms with Crippen LogP contribution >= 0.6 is 0 Å². The molecule has 0 aliphatic carbocycles. The monoisotopic (exact) mass is 382 g/mol. The number of carbonyl (C=O) groups excluding carboxylic acids is 3. The summed E-state index contributed by atoms with van der Waals surface area (Å²) in [6.07, 6.45) is 0.159. The third kappa shape index (κ3) is 4.58. The Morgan fingerprint density at radius 1 is 1.23 bits per heavy atom. The van der Waals surface area contributed by atoms with Crippen LogP contribution in [-0.2, 0) is 19.6 Å². The first kappa shape index (κ1) is 19.9. The molecule has 1 saturated heterocycles. The maximum absolute atomic E-state index is 12.5. The van der Waals surface area contributed by atoms with Gasteiger partial charge < -0.3 is 10.6 Å². The minimum atomic E-state index is -3.62. The lowest BCUT2D eigenvalue weighted by Gasteiger charge is -2.18. The van der Waals surface area contributed by atoms with Crippen LogP contribution in [0.5, 0.6) is 0 Å². The van der Waals surface area contributed by atoms with Gasteiger partial charge in [0.25, 0.3) is 5.91 Å². The Morgan fingerprint density at radius 2 is 1.92 bits per heavy atom. The zero-order chi connectivity index (χ0) is 19.3. The maximum Gasteiger partial charge on any atom is 0.322 e. The number of benzene rings is 1. The maximum atomic E-state index is 12.5. The van der Waals surface area contributed by atoms with Crippen molar-refractivity contribution < 1.29 is 22.8 Å². The highest BCUT2D eigenvalue weighted by Crippen LogP contribution is 2.20. The Labute approximate surface area is 152 Å². The molecule has 1 aromatic rings. The molecule has 0 aromatic heterocycles. The van der Waals surface area contributed by atoms with Crippen molar-refractivity contribution in [3.05, 3.63) is 24.3 Å². The molecule has 1 aromatic carbocycles. The van der Waals surface area contributed by atoms with Crippen molar-refractivity contribution in [2.75, 3.05) is 18.4 Å². The second-order valence-electron chi connectivity index (χ2n) is 5.72. The van der Waals surface area contributed by atoms with Crippen LogP contribution in [0.2, 0.25) is 0 Å². The van der Waals surface area contributed by atoms with Crippen LogP contribution in [0.25, 0.3) is 0 Å². The van der Waals surface area contributed by atoms with Gasteiger partial charge in [-0.2, -0.15) is 4.31 Å². The van der Waals surface area contributed by atoms with Gasteiger partial charge >= 0.3 is 6.03 Å². The summed E-state index contributed by atoms with van der Waals surface area (Å²) in [5.74, 6) is -0.841. The summed E-state index contributed by atoms with van der Waals surface area (Å²) < 4.78 is 26.4. The van der Waals surface area contributed by atoms with Crippen molar-refractivity contribution in [1.82, 2.24) is 14.9 Å². The molecule has 3 N–H and O–H groups in total. The largest absolute Gasteiger partial charge is 0.326 e. The number of anilines is 1. The average molecular weight is 382 g/mol. The van der Waals surface area contributed by atoms with Gasteiger partial charge in [-0.15, -0.1) is 0 Å². The summed E-state index contributed by atoms with van der Waals surface area (Å²) in [7, 11) is -3.62. The van der Waals surface area contributed by atoms with E-state index in [9.17, 15) is 22.8 Å². The molecule has 0 spiro atoms. The van der Waals surface area contributed by atoms with Crippen LogP contribution in [0.1, 0.15) is 26.7 Å². The predicted octanol–water partition coefficient (Wildman–Crippen LogP) is 0.644. The number of nitrogens with one attached hydrogen (secondary N) is 3. The van der Waals surface area contributed by atoms with E-state index >= 15 is 0 Å². The summed E-state index contributed by atoms with van der Waals surface area (Å²) in [6, 6.07) is 4.70. The van der Waals surface area contributed by atoms with Crippen molar-refractivity contribution in [3.8, 4) is 0 Å². The van der Waals surface area contributed by atoms with E-state index in [1.807, 2.05) is 0 Å². The molecular weight excluding hydrogens is 360 g/mol. The van der Waals surface area contributed by atoms with Crippen LogP contribution in [0.3, 0.4) is 0 Å². The van der Waals surface area contributed by atoms with E-state index in [2.05, 4.69) is 16.0 Å². The number of urea groups is 1. The van der Waals surface area contributed by atoms with E-state index in [0.717, 1.165) is 0 Å². The van der Waals surface area contributed by atoms with E-state index in [-0.39, 0.29) is 23.6 Å². The number of carbonyl (C=O) groups is 3.